The predicted octanol–water partition coefficient (Wildman–Crippen LogP) is 2.39. The molecule has 0 amide bonds. The third kappa shape index (κ3) is 1.75. The molecule has 3 N–H and O–H groups in total. The van der Waals surface area contributed by atoms with E-state index >= 15 is 0 Å². The SMILES string of the molecule is CC(C)(C(=O)O)c1cccc(Br)c1N. The molecule has 0 spiro atoms. The van der Waals surface area contributed by atoms with Gasteiger partial charge in [0.2, 0.25) is 0 Å². The third-order valence-corrected chi connectivity index (χ3v) is 2.95. The molecule has 0 fully saturated rings. The topological polar surface area (TPSA) is 63.3 Å². The Labute approximate surface area is 91.1 Å². The zero-order chi connectivity index (χ0) is 10.9. The highest BCUT2D eigenvalue weighted by atomic mass is 79.9. The lowest BCUT2D eigenvalue weighted by Crippen LogP contribution is -2.29. The van der Waals surface area contributed by atoms with Crippen molar-refractivity contribution in [2.24, 2.45) is 0 Å². The van der Waals surface area contributed by atoms with Gasteiger partial charge in [0, 0.05) is 4.47 Å². The summed E-state index contributed by atoms with van der Waals surface area (Å²) in [5, 5.41) is 9.04. The van der Waals surface area contributed by atoms with Crippen molar-refractivity contribution in [1.82, 2.24) is 0 Å². The molecule has 0 saturated carbocycles. The van der Waals surface area contributed by atoms with Gasteiger partial charge in [-0.15, -0.1) is 0 Å². The van der Waals surface area contributed by atoms with Crippen molar-refractivity contribution in [3.8, 4) is 0 Å². The molecule has 1 aromatic rings. The highest BCUT2D eigenvalue weighted by molar-refractivity contribution is 9.10. The van der Waals surface area contributed by atoms with E-state index < -0.39 is 11.4 Å². The minimum absolute atomic E-state index is 0.486. The molecule has 4 heteroatoms. The van der Waals surface area contributed by atoms with Gasteiger partial charge in [0.05, 0.1) is 11.1 Å². The Morgan fingerprint density at radius 3 is 2.57 bits per heavy atom. The first-order valence-corrected chi connectivity index (χ1v) is 4.94. The number of aliphatic carboxylic acids is 1. The normalized spacial score (nSPS) is 11.4. The Balaban J connectivity index is 3.33. The first kappa shape index (κ1) is 11.0. The Hall–Kier alpha value is -1.03. The van der Waals surface area contributed by atoms with Crippen LogP contribution in [0.5, 0.6) is 0 Å². The number of hydrogen-bond acceptors (Lipinski definition) is 2. The number of hydrogen-bond donors (Lipinski definition) is 2. The molecule has 0 radical (unpaired) electrons. The Morgan fingerprint density at radius 1 is 1.50 bits per heavy atom. The van der Waals surface area contributed by atoms with Gasteiger partial charge in [-0.1, -0.05) is 12.1 Å². The number of para-hydroxylation sites is 1. The molecule has 0 aliphatic heterocycles. The van der Waals surface area contributed by atoms with E-state index in [-0.39, 0.29) is 0 Å². The van der Waals surface area contributed by atoms with Crippen LogP contribution in [0, 0.1) is 0 Å². The number of carboxylic acid groups (broad SMARTS) is 1. The van der Waals surface area contributed by atoms with Crippen molar-refractivity contribution in [3.63, 3.8) is 0 Å². The van der Waals surface area contributed by atoms with Gasteiger partial charge in [0.15, 0.2) is 0 Å². The van der Waals surface area contributed by atoms with Crippen LogP contribution in [0.25, 0.3) is 0 Å². The van der Waals surface area contributed by atoms with Gasteiger partial charge in [0.25, 0.3) is 0 Å². The van der Waals surface area contributed by atoms with E-state index in [1.807, 2.05) is 0 Å². The smallest absolute Gasteiger partial charge is 0.313 e. The van der Waals surface area contributed by atoms with Crippen LogP contribution in [0.1, 0.15) is 19.4 Å². The molecule has 76 valence electrons. The lowest BCUT2D eigenvalue weighted by molar-refractivity contribution is -0.142. The van der Waals surface area contributed by atoms with E-state index in [2.05, 4.69) is 15.9 Å². The minimum Gasteiger partial charge on any atom is -0.481 e. The second kappa shape index (κ2) is 3.61. The number of halogens is 1. The zero-order valence-corrected chi connectivity index (χ0v) is 9.63. The van der Waals surface area contributed by atoms with Crippen LogP contribution >= 0.6 is 15.9 Å². The molecular weight excluding hydrogens is 246 g/mol. The monoisotopic (exact) mass is 257 g/mol. The molecule has 1 rings (SSSR count). The average Bonchev–Trinajstić information content (AvgIpc) is 2.09. The van der Waals surface area contributed by atoms with Crippen LogP contribution in [-0.4, -0.2) is 11.1 Å². The van der Waals surface area contributed by atoms with E-state index in [0.29, 0.717) is 11.3 Å². The summed E-state index contributed by atoms with van der Waals surface area (Å²) < 4.78 is 0.726. The second-order valence-electron chi connectivity index (χ2n) is 3.63. The fourth-order valence-corrected chi connectivity index (χ4v) is 1.56. The molecule has 14 heavy (non-hydrogen) atoms. The molecule has 0 unspecified atom stereocenters. The maximum absolute atomic E-state index is 11.0. The molecule has 0 aliphatic carbocycles. The zero-order valence-electron chi connectivity index (χ0n) is 8.04. The van der Waals surface area contributed by atoms with E-state index in [9.17, 15) is 4.79 Å². The first-order valence-electron chi connectivity index (χ1n) is 4.15. The highest BCUT2D eigenvalue weighted by Gasteiger charge is 2.31. The van der Waals surface area contributed by atoms with Gasteiger partial charge in [-0.2, -0.15) is 0 Å². The molecule has 0 heterocycles. The molecule has 0 bridgehead atoms. The Kier molecular flexibility index (Phi) is 2.85. The number of anilines is 1. The fraction of sp³-hybridized carbons (Fsp3) is 0.300. The van der Waals surface area contributed by atoms with Crippen LogP contribution in [0.15, 0.2) is 22.7 Å². The van der Waals surface area contributed by atoms with Gasteiger partial charge >= 0.3 is 5.97 Å². The lowest BCUT2D eigenvalue weighted by atomic mass is 9.84. The van der Waals surface area contributed by atoms with E-state index in [4.69, 9.17) is 10.8 Å². The van der Waals surface area contributed by atoms with Crippen LogP contribution in [0.2, 0.25) is 0 Å². The maximum Gasteiger partial charge on any atom is 0.313 e. The number of nitrogen functional groups attached to an aromatic ring is 1. The van der Waals surface area contributed by atoms with Crippen molar-refractivity contribution < 1.29 is 9.90 Å². The van der Waals surface area contributed by atoms with Crippen LogP contribution in [0.3, 0.4) is 0 Å². The van der Waals surface area contributed by atoms with Gasteiger partial charge in [-0.05, 0) is 41.4 Å². The third-order valence-electron chi connectivity index (χ3n) is 2.26. The van der Waals surface area contributed by atoms with Crippen LogP contribution in [-0.2, 0) is 10.2 Å². The largest absolute Gasteiger partial charge is 0.481 e. The lowest BCUT2D eigenvalue weighted by Gasteiger charge is -2.22. The van der Waals surface area contributed by atoms with E-state index in [1.54, 1.807) is 32.0 Å². The average molecular weight is 258 g/mol. The number of nitrogens with two attached hydrogens (primary N) is 1. The standard InChI is InChI=1S/C10H12BrNO2/c1-10(2,9(13)14)6-4-3-5-7(11)8(6)12/h3-5H,12H2,1-2H3,(H,13,14). The number of rotatable bonds is 2. The molecule has 0 atom stereocenters. The fourth-order valence-electron chi connectivity index (χ4n) is 1.20. The second-order valence-corrected chi connectivity index (χ2v) is 4.49. The van der Waals surface area contributed by atoms with Crippen molar-refractivity contribution in [3.05, 3.63) is 28.2 Å². The number of benzene rings is 1. The van der Waals surface area contributed by atoms with E-state index in [0.717, 1.165) is 4.47 Å². The van der Waals surface area contributed by atoms with Gasteiger partial charge in [0.1, 0.15) is 0 Å². The van der Waals surface area contributed by atoms with Gasteiger partial charge in [-0.25, -0.2) is 0 Å². The quantitative estimate of drug-likeness (QED) is 0.800. The van der Waals surface area contributed by atoms with Crippen LogP contribution < -0.4 is 5.73 Å². The summed E-state index contributed by atoms with van der Waals surface area (Å²) in [4.78, 5) is 11.0. The van der Waals surface area contributed by atoms with Crippen molar-refractivity contribution in [2.45, 2.75) is 19.3 Å². The highest BCUT2D eigenvalue weighted by Crippen LogP contribution is 2.32. The maximum atomic E-state index is 11.0. The Morgan fingerprint density at radius 2 is 2.07 bits per heavy atom. The van der Waals surface area contributed by atoms with Crippen molar-refractivity contribution in [1.29, 1.82) is 0 Å². The van der Waals surface area contributed by atoms with E-state index in [1.165, 1.54) is 0 Å². The van der Waals surface area contributed by atoms with Gasteiger partial charge < -0.3 is 10.8 Å². The summed E-state index contributed by atoms with van der Waals surface area (Å²) in [7, 11) is 0. The molecular formula is C10H12BrNO2. The predicted molar refractivity (Wildman–Crippen MR) is 59.2 cm³/mol. The molecule has 0 aromatic heterocycles. The molecule has 0 saturated heterocycles. The molecule has 1 aromatic carbocycles. The first-order chi connectivity index (χ1) is 6.37. The molecule has 3 nitrogen and oxygen atoms in total. The van der Waals surface area contributed by atoms with Crippen LogP contribution in [0.4, 0.5) is 5.69 Å². The summed E-state index contributed by atoms with van der Waals surface area (Å²) >= 11 is 3.27. The summed E-state index contributed by atoms with van der Waals surface area (Å²) in [6.07, 6.45) is 0. The summed E-state index contributed by atoms with van der Waals surface area (Å²) in [5.41, 5.74) is 5.94. The van der Waals surface area contributed by atoms with Crippen molar-refractivity contribution >= 4 is 27.6 Å². The summed E-state index contributed by atoms with van der Waals surface area (Å²) in [5.74, 6) is -0.887. The summed E-state index contributed by atoms with van der Waals surface area (Å²) in [6.45, 7) is 3.26. The summed E-state index contributed by atoms with van der Waals surface area (Å²) in [6, 6.07) is 5.30. The Bertz CT molecular complexity index is 374. The molecule has 0 aliphatic rings. The number of carbonyl (C=O) groups is 1. The van der Waals surface area contributed by atoms with Crippen molar-refractivity contribution in [2.75, 3.05) is 5.73 Å². The minimum atomic E-state index is -0.964. The van der Waals surface area contributed by atoms with Gasteiger partial charge in [-0.3, -0.25) is 4.79 Å². The number of carboxylic acids is 1.